The first kappa shape index (κ1) is 16.0. The predicted octanol–water partition coefficient (Wildman–Crippen LogP) is 2.37. The third-order valence-electron chi connectivity index (χ3n) is 2.99. The molecule has 0 unspecified atom stereocenters. The molecule has 118 valence electrons. The first-order chi connectivity index (χ1) is 11.0. The van der Waals surface area contributed by atoms with E-state index in [1.54, 1.807) is 37.3 Å². The number of urea groups is 1. The summed E-state index contributed by atoms with van der Waals surface area (Å²) in [6, 6.07) is 12.1. The monoisotopic (exact) mass is 314 g/mol. The van der Waals surface area contributed by atoms with Crippen molar-refractivity contribution in [3.63, 3.8) is 0 Å². The van der Waals surface area contributed by atoms with E-state index < -0.39 is 16.9 Å². The van der Waals surface area contributed by atoms with Crippen molar-refractivity contribution in [2.24, 2.45) is 0 Å². The maximum Gasteiger partial charge on any atom is 0.337 e. The zero-order valence-electron chi connectivity index (χ0n) is 12.2. The number of nitro groups is 1. The van der Waals surface area contributed by atoms with Crippen LogP contribution in [-0.4, -0.2) is 16.9 Å². The molecule has 0 aliphatic carbocycles. The van der Waals surface area contributed by atoms with Gasteiger partial charge in [-0.3, -0.25) is 20.3 Å². The maximum atomic E-state index is 11.9. The molecule has 2 aromatic carbocycles. The Morgan fingerprint density at radius 1 is 1.04 bits per heavy atom. The summed E-state index contributed by atoms with van der Waals surface area (Å²) in [5.41, 5.74) is 5.27. The molecule has 23 heavy (non-hydrogen) atoms. The Kier molecular flexibility index (Phi) is 4.88. The fourth-order valence-electron chi connectivity index (χ4n) is 1.82. The lowest BCUT2D eigenvalue weighted by Crippen LogP contribution is -2.43. The van der Waals surface area contributed by atoms with Gasteiger partial charge in [-0.05, 0) is 25.1 Å². The Labute approximate surface area is 131 Å². The molecule has 0 saturated heterocycles. The minimum atomic E-state index is -0.656. The van der Waals surface area contributed by atoms with Gasteiger partial charge in [-0.15, -0.1) is 0 Å². The van der Waals surface area contributed by atoms with Gasteiger partial charge >= 0.3 is 6.03 Å². The summed E-state index contributed by atoms with van der Waals surface area (Å²) >= 11 is 0. The molecule has 8 nitrogen and oxygen atoms in total. The van der Waals surface area contributed by atoms with Gasteiger partial charge in [0.2, 0.25) is 0 Å². The fourth-order valence-corrected chi connectivity index (χ4v) is 1.82. The largest absolute Gasteiger partial charge is 0.337 e. The highest BCUT2D eigenvalue weighted by Gasteiger charge is 2.15. The van der Waals surface area contributed by atoms with Crippen molar-refractivity contribution in [2.45, 2.75) is 6.92 Å². The predicted molar refractivity (Wildman–Crippen MR) is 83.9 cm³/mol. The number of benzene rings is 2. The first-order valence-corrected chi connectivity index (χ1v) is 6.65. The second-order valence-electron chi connectivity index (χ2n) is 4.66. The summed E-state index contributed by atoms with van der Waals surface area (Å²) in [5.74, 6) is -0.656. The van der Waals surface area contributed by atoms with E-state index in [1.165, 1.54) is 12.1 Å². The Morgan fingerprint density at radius 2 is 1.74 bits per heavy atom. The maximum absolute atomic E-state index is 11.9. The second-order valence-corrected chi connectivity index (χ2v) is 4.66. The van der Waals surface area contributed by atoms with E-state index in [-0.39, 0.29) is 11.3 Å². The van der Waals surface area contributed by atoms with Crippen LogP contribution >= 0.6 is 0 Å². The Bertz CT molecular complexity index is 746. The molecular weight excluding hydrogens is 300 g/mol. The Balaban J connectivity index is 1.96. The van der Waals surface area contributed by atoms with E-state index in [4.69, 9.17) is 0 Å². The van der Waals surface area contributed by atoms with Crippen molar-refractivity contribution in [3.8, 4) is 0 Å². The van der Waals surface area contributed by atoms with Crippen molar-refractivity contribution in [1.29, 1.82) is 0 Å². The lowest BCUT2D eigenvalue weighted by atomic mass is 10.1. The fraction of sp³-hybridized carbons (Fsp3) is 0.0667. The van der Waals surface area contributed by atoms with Gasteiger partial charge in [0.15, 0.2) is 0 Å². The zero-order valence-corrected chi connectivity index (χ0v) is 12.2. The quantitative estimate of drug-likeness (QED) is 0.596. The Hall–Kier alpha value is -3.42. The van der Waals surface area contributed by atoms with Gasteiger partial charge < -0.3 is 5.32 Å². The van der Waals surface area contributed by atoms with E-state index in [1.807, 2.05) is 0 Å². The minimum Gasteiger partial charge on any atom is -0.307 e. The second kappa shape index (κ2) is 7.03. The van der Waals surface area contributed by atoms with Crippen LogP contribution < -0.4 is 16.2 Å². The molecule has 3 amide bonds. The van der Waals surface area contributed by atoms with E-state index >= 15 is 0 Å². The molecule has 0 spiro atoms. The Morgan fingerprint density at radius 3 is 2.39 bits per heavy atom. The van der Waals surface area contributed by atoms with Crippen molar-refractivity contribution in [2.75, 3.05) is 5.32 Å². The van der Waals surface area contributed by atoms with Crippen molar-refractivity contribution in [3.05, 3.63) is 69.8 Å². The number of nitrogens with zero attached hydrogens (tertiary/aromatic N) is 1. The van der Waals surface area contributed by atoms with Gasteiger partial charge in [0.1, 0.15) is 0 Å². The molecule has 0 atom stereocenters. The number of hydrogen-bond acceptors (Lipinski definition) is 4. The van der Waals surface area contributed by atoms with Gasteiger partial charge in [-0.2, -0.15) is 0 Å². The van der Waals surface area contributed by atoms with Gasteiger partial charge in [-0.25, -0.2) is 10.2 Å². The van der Waals surface area contributed by atoms with Crippen molar-refractivity contribution in [1.82, 2.24) is 10.9 Å². The smallest absolute Gasteiger partial charge is 0.307 e. The number of nitro benzene ring substituents is 1. The molecule has 3 N–H and O–H groups in total. The summed E-state index contributed by atoms with van der Waals surface area (Å²) in [7, 11) is 0. The average Bonchev–Trinajstić information content (AvgIpc) is 2.53. The number of anilines is 1. The molecule has 0 aliphatic heterocycles. The lowest BCUT2D eigenvalue weighted by Gasteiger charge is -2.09. The number of carbonyl (C=O) groups excluding carboxylic acids is 2. The SMILES string of the molecule is Cc1ccc(C(=O)NNC(=O)Nc2ccccc2)cc1[N+](=O)[O-]. The summed E-state index contributed by atoms with van der Waals surface area (Å²) in [6.45, 7) is 1.57. The van der Waals surface area contributed by atoms with Crippen LogP contribution in [0.3, 0.4) is 0 Å². The number of hydrogen-bond donors (Lipinski definition) is 3. The molecule has 8 heteroatoms. The van der Waals surface area contributed by atoms with Crippen molar-refractivity contribution >= 4 is 23.3 Å². The molecule has 0 saturated carbocycles. The number of nitrogens with one attached hydrogen (secondary N) is 3. The van der Waals surface area contributed by atoms with E-state index in [2.05, 4.69) is 16.2 Å². The first-order valence-electron chi connectivity index (χ1n) is 6.65. The van der Waals surface area contributed by atoms with E-state index in [9.17, 15) is 19.7 Å². The summed E-state index contributed by atoms with van der Waals surface area (Å²) in [6.07, 6.45) is 0. The van der Waals surface area contributed by atoms with Crippen LogP contribution in [0, 0.1) is 17.0 Å². The number of carbonyl (C=O) groups is 2. The highest BCUT2D eigenvalue weighted by atomic mass is 16.6. The van der Waals surface area contributed by atoms with Gasteiger partial charge in [0.25, 0.3) is 11.6 Å². The van der Waals surface area contributed by atoms with Crippen LogP contribution in [0.5, 0.6) is 0 Å². The molecule has 0 bridgehead atoms. The summed E-state index contributed by atoms with van der Waals surface area (Å²) < 4.78 is 0. The topological polar surface area (TPSA) is 113 Å². The normalized spacial score (nSPS) is 9.78. The van der Waals surface area contributed by atoms with Crippen LogP contribution in [0.1, 0.15) is 15.9 Å². The van der Waals surface area contributed by atoms with Crippen LogP contribution in [0.15, 0.2) is 48.5 Å². The number of amides is 3. The summed E-state index contributed by atoms with van der Waals surface area (Å²) in [4.78, 5) is 33.8. The highest BCUT2D eigenvalue weighted by molar-refractivity contribution is 5.97. The standard InChI is InChI=1S/C15H14N4O4/c1-10-7-8-11(9-13(10)19(22)23)14(20)17-18-15(21)16-12-5-3-2-4-6-12/h2-9H,1H3,(H,17,20)(H2,16,18,21). The van der Waals surface area contributed by atoms with Gasteiger partial charge in [0, 0.05) is 22.9 Å². The minimum absolute atomic E-state index is 0.0716. The van der Waals surface area contributed by atoms with Crippen LogP contribution in [0.4, 0.5) is 16.2 Å². The number of hydrazine groups is 1. The van der Waals surface area contributed by atoms with E-state index in [0.717, 1.165) is 6.07 Å². The zero-order chi connectivity index (χ0) is 16.8. The third kappa shape index (κ3) is 4.27. The summed E-state index contributed by atoms with van der Waals surface area (Å²) in [5, 5.41) is 13.4. The third-order valence-corrected chi connectivity index (χ3v) is 2.99. The number of para-hydroxylation sites is 1. The lowest BCUT2D eigenvalue weighted by molar-refractivity contribution is -0.385. The molecule has 0 heterocycles. The van der Waals surface area contributed by atoms with E-state index in [0.29, 0.717) is 11.3 Å². The average molecular weight is 314 g/mol. The highest BCUT2D eigenvalue weighted by Crippen LogP contribution is 2.19. The molecule has 2 rings (SSSR count). The van der Waals surface area contributed by atoms with Crippen LogP contribution in [0.2, 0.25) is 0 Å². The van der Waals surface area contributed by atoms with Crippen LogP contribution in [0.25, 0.3) is 0 Å². The molecule has 0 fully saturated rings. The molecule has 2 aromatic rings. The van der Waals surface area contributed by atoms with Crippen LogP contribution in [-0.2, 0) is 0 Å². The number of rotatable bonds is 3. The molecule has 0 radical (unpaired) electrons. The van der Waals surface area contributed by atoms with Gasteiger partial charge in [0.05, 0.1) is 4.92 Å². The van der Waals surface area contributed by atoms with Gasteiger partial charge in [-0.1, -0.05) is 24.3 Å². The molecular formula is C15H14N4O4. The van der Waals surface area contributed by atoms with Crippen molar-refractivity contribution < 1.29 is 14.5 Å². The molecule has 0 aromatic heterocycles. The molecule has 0 aliphatic rings. The number of aryl methyl sites for hydroxylation is 1.